The number of aromatic nitrogens is 2. The fourth-order valence-corrected chi connectivity index (χ4v) is 1.67. The van der Waals surface area contributed by atoms with Gasteiger partial charge in [0.15, 0.2) is 0 Å². The molecule has 90 valence electrons. The van der Waals surface area contributed by atoms with Crippen LogP contribution in [-0.4, -0.2) is 16.9 Å². The number of nitrogens with two attached hydrogens (primary N) is 1. The number of methoxy groups -OCH3 is 1. The first kappa shape index (κ1) is 11.4. The van der Waals surface area contributed by atoms with Crippen molar-refractivity contribution in [3.8, 4) is 17.0 Å². The summed E-state index contributed by atoms with van der Waals surface area (Å²) < 4.78 is 19.5. The molecule has 17 heavy (non-hydrogen) atoms. The first-order valence-electron chi connectivity index (χ1n) is 5.18. The Morgan fingerprint density at radius 3 is 2.71 bits per heavy atom. The van der Waals surface area contributed by atoms with E-state index in [0.29, 0.717) is 17.1 Å². The predicted molar refractivity (Wildman–Crippen MR) is 64.4 cm³/mol. The van der Waals surface area contributed by atoms with Crippen molar-refractivity contribution in [2.45, 2.75) is 6.67 Å². The van der Waals surface area contributed by atoms with Crippen molar-refractivity contribution in [1.29, 1.82) is 0 Å². The molecule has 2 aromatic rings. The number of aryl methyl sites for hydroxylation is 1. The number of hydrogen-bond acceptors (Lipinski definition) is 3. The summed E-state index contributed by atoms with van der Waals surface area (Å²) in [7, 11) is 3.28. The van der Waals surface area contributed by atoms with E-state index in [-0.39, 0.29) is 0 Å². The van der Waals surface area contributed by atoms with Gasteiger partial charge in [0.1, 0.15) is 18.2 Å². The second-order valence-corrected chi connectivity index (χ2v) is 3.74. The number of ether oxygens (including phenoxy) is 1. The molecular formula is C12H14FN3O. The zero-order chi connectivity index (χ0) is 12.4. The number of hydrogen-bond donors (Lipinski definition) is 1. The van der Waals surface area contributed by atoms with Gasteiger partial charge in [-0.15, -0.1) is 0 Å². The maximum Gasteiger partial charge on any atom is 0.124 e. The predicted octanol–water partition coefficient (Wildman–Crippen LogP) is 2.15. The van der Waals surface area contributed by atoms with Gasteiger partial charge in [0, 0.05) is 24.2 Å². The highest BCUT2D eigenvalue weighted by Crippen LogP contribution is 2.27. The van der Waals surface area contributed by atoms with E-state index in [4.69, 9.17) is 10.5 Å². The number of anilines is 1. The monoisotopic (exact) mass is 235 g/mol. The second kappa shape index (κ2) is 4.45. The van der Waals surface area contributed by atoms with Gasteiger partial charge >= 0.3 is 0 Å². The molecule has 0 unspecified atom stereocenters. The standard InChI is InChI=1S/C12H14FN3O/c1-16-12(14)6-10(15-16)8-3-4-11(17-2)9(5-8)7-13/h3-6H,7,14H2,1-2H3. The Labute approximate surface area is 98.8 Å². The van der Waals surface area contributed by atoms with Gasteiger partial charge in [-0.25, -0.2) is 4.39 Å². The molecule has 5 heteroatoms. The van der Waals surface area contributed by atoms with Crippen LogP contribution >= 0.6 is 0 Å². The first-order chi connectivity index (χ1) is 8.15. The summed E-state index contributed by atoms with van der Waals surface area (Å²) in [5, 5.41) is 4.24. The van der Waals surface area contributed by atoms with E-state index >= 15 is 0 Å². The third-order valence-electron chi connectivity index (χ3n) is 2.64. The molecule has 0 fully saturated rings. The summed E-state index contributed by atoms with van der Waals surface area (Å²) in [5.74, 6) is 1.11. The summed E-state index contributed by atoms with van der Waals surface area (Å²) >= 11 is 0. The number of nitrogens with zero attached hydrogens (tertiary/aromatic N) is 2. The average Bonchev–Trinajstić information content (AvgIpc) is 2.68. The summed E-state index contributed by atoms with van der Waals surface area (Å²) in [6, 6.07) is 7.04. The Kier molecular flexibility index (Phi) is 2.99. The van der Waals surface area contributed by atoms with Crippen LogP contribution in [0.5, 0.6) is 5.75 Å². The molecule has 0 spiro atoms. The first-order valence-corrected chi connectivity index (χ1v) is 5.18. The van der Waals surface area contributed by atoms with Crippen LogP contribution in [0.2, 0.25) is 0 Å². The van der Waals surface area contributed by atoms with Crippen LogP contribution in [0.25, 0.3) is 11.3 Å². The van der Waals surface area contributed by atoms with Gasteiger partial charge in [0.25, 0.3) is 0 Å². The molecule has 0 atom stereocenters. The minimum absolute atomic E-state index is 0.509. The SMILES string of the molecule is COc1ccc(-c2cc(N)n(C)n2)cc1CF. The zero-order valence-corrected chi connectivity index (χ0v) is 9.77. The van der Waals surface area contributed by atoms with Gasteiger partial charge in [0.2, 0.25) is 0 Å². The normalized spacial score (nSPS) is 10.5. The van der Waals surface area contributed by atoms with Crippen molar-refractivity contribution in [2.24, 2.45) is 7.05 Å². The van der Waals surface area contributed by atoms with E-state index in [2.05, 4.69) is 5.10 Å². The van der Waals surface area contributed by atoms with Crippen LogP contribution in [0.15, 0.2) is 24.3 Å². The van der Waals surface area contributed by atoms with Gasteiger partial charge in [-0.3, -0.25) is 4.68 Å². The van der Waals surface area contributed by atoms with Crippen molar-refractivity contribution in [1.82, 2.24) is 9.78 Å². The number of halogens is 1. The molecule has 0 amide bonds. The number of nitrogen functional groups attached to an aromatic ring is 1. The van der Waals surface area contributed by atoms with Gasteiger partial charge in [-0.2, -0.15) is 5.10 Å². The van der Waals surface area contributed by atoms with Gasteiger partial charge in [-0.1, -0.05) is 0 Å². The summed E-state index contributed by atoms with van der Waals surface area (Å²) in [6.07, 6.45) is 0. The molecule has 2 N–H and O–H groups in total. The fraction of sp³-hybridized carbons (Fsp3) is 0.250. The van der Waals surface area contributed by atoms with E-state index < -0.39 is 6.67 Å². The molecule has 4 nitrogen and oxygen atoms in total. The van der Waals surface area contributed by atoms with Crippen molar-refractivity contribution in [3.63, 3.8) is 0 Å². The average molecular weight is 235 g/mol. The third kappa shape index (κ3) is 2.08. The zero-order valence-electron chi connectivity index (χ0n) is 9.77. The van der Waals surface area contributed by atoms with Crippen molar-refractivity contribution < 1.29 is 9.13 Å². The van der Waals surface area contributed by atoms with E-state index in [1.807, 2.05) is 6.07 Å². The number of rotatable bonds is 3. The van der Waals surface area contributed by atoms with E-state index in [1.165, 1.54) is 7.11 Å². The minimum atomic E-state index is -0.570. The quantitative estimate of drug-likeness (QED) is 0.886. The summed E-state index contributed by atoms with van der Waals surface area (Å²) in [6.45, 7) is -0.570. The molecule has 1 heterocycles. The molecule has 0 bridgehead atoms. The Morgan fingerprint density at radius 2 is 2.18 bits per heavy atom. The fourth-order valence-electron chi connectivity index (χ4n) is 1.67. The largest absolute Gasteiger partial charge is 0.496 e. The van der Waals surface area contributed by atoms with E-state index in [0.717, 1.165) is 11.3 Å². The lowest BCUT2D eigenvalue weighted by Crippen LogP contribution is -1.96. The maximum atomic E-state index is 12.8. The lowest BCUT2D eigenvalue weighted by atomic mass is 10.1. The highest BCUT2D eigenvalue weighted by molar-refractivity contribution is 5.64. The summed E-state index contributed by atoms with van der Waals surface area (Å²) in [4.78, 5) is 0. The summed E-state index contributed by atoms with van der Waals surface area (Å²) in [5.41, 5.74) is 7.76. The van der Waals surface area contributed by atoms with Gasteiger partial charge in [0.05, 0.1) is 12.8 Å². The van der Waals surface area contributed by atoms with Crippen molar-refractivity contribution >= 4 is 5.82 Å². The topological polar surface area (TPSA) is 53.1 Å². The van der Waals surface area contributed by atoms with Gasteiger partial charge < -0.3 is 10.5 Å². The molecule has 0 radical (unpaired) electrons. The molecule has 1 aromatic carbocycles. The van der Waals surface area contributed by atoms with Crippen molar-refractivity contribution in [2.75, 3.05) is 12.8 Å². The molecule has 0 aliphatic heterocycles. The van der Waals surface area contributed by atoms with Gasteiger partial charge in [-0.05, 0) is 18.2 Å². The Hall–Kier alpha value is -2.04. The number of alkyl halides is 1. The second-order valence-electron chi connectivity index (χ2n) is 3.74. The smallest absolute Gasteiger partial charge is 0.124 e. The van der Waals surface area contributed by atoms with Crippen LogP contribution in [-0.2, 0) is 13.7 Å². The molecule has 0 saturated carbocycles. The van der Waals surface area contributed by atoms with E-state index in [1.54, 1.807) is 29.9 Å². The Balaban J connectivity index is 2.46. The minimum Gasteiger partial charge on any atom is -0.496 e. The molecule has 0 aliphatic carbocycles. The van der Waals surface area contributed by atoms with Crippen LogP contribution in [0.1, 0.15) is 5.56 Å². The lowest BCUT2D eigenvalue weighted by molar-refractivity contribution is 0.394. The van der Waals surface area contributed by atoms with E-state index in [9.17, 15) is 4.39 Å². The lowest BCUT2D eigenvalue weighted by Gasteiger charge is -2.06. The molecular weight excluding hydrogens is 221 g/mol. The highest BCUT2D eigenvalue weighted by atomic mass is 19.1. The third-order valence-corrected chi connectivity index (χ3v) is 2.64. The van der Waals surface area contributed by atoms with Crippen LogP contribution in [0.3, 0.4) is 0 Å². The van der Waals surface area contributed by atoms with Crippen LogP contribution < -0.4 is 10.5 Å². The molecule has 2 rings (SSSR count). The molecule has 0 saturated heterocycles. The molecule has 1 aromatic heterocycles. The molecule has 0 aliphatic rings. The Morgan fingerprint density at radius 1 is 1.41 bits per heavy atom. The van der Waals surface area contributed by atoms with Crippen LogP contribution in [0.4, 0.5) is 10.2 Å². The van der Waals surface area contributed by atoms with Crippen LogP contribution in [0, 0.1) is 0 Å². The number of benzene rings is 1. The maximum absolute atomic E-state index is 12.8. The Bertz CT molecular complexity index is 517. The highest BCUT2D eigenvalue weighted by Gasteiger charge is 2.09. The van der Waals surface area contributed by atoms with Crippen molar-refractivity contribution in [3.05, 3.63) is 29.8 Å².